The number of thiocarbonyl (C=S) groups is 1. The Morgan fingerprint density at radius 2 is 1.87 bits per heavy atom. The lowest BCUT2D eigenvalue weighted by atomic mass is 10.1. The number of thiazole rings is 1. The smallest absolute Gasteiger partial charge is 0.257 e. The molecule has 0 radical (unpaired) electrons. The number of amides is 1. The predicted octanol–water partition coefficient (Wildman–Crippen LogP) is 6.36. The third-order valence-corrected chi connectivity index (χ3v) is 6.21. The van der Waals surface area contributed by atoms with Crippen molar-refractivity contribution >= 4 is 62.1 Å². The zero-order valence-corrected chi connectivity index (χ0v) is 18.7. The summed E-state index contributed by atoms with van der Waals surface area (Å²) < 4.78 is 1.10. The minimum absolute atomic E-state index is 0.220. The molecule has 0 atom stereocenters. The van der Waals surface area contributed by atoms with Gasteiger partial charge in [0.25, 0.3) is 5.91 Å². The van der Waals surface area contributed by atoms with Crippen molar-refractivity contribution in [3.63, 3.8) is 0 Å². The van der Waals surface area contributed by atoms with Crippen molar-refractivity contribution < 1.29 is 4.79 Å². The van der Waals surface area contributed by atoms with E-state index in [2.05, 4.69) is 15.6 Å². The summed E-state index contributed by atoms with van der Waals surface area (Å²) in [4.78, 5) is 17.2. The number of hydrogen-bond acceptors (Lipinski definition) is 4. The molecule has 3 aromatic carbocycles. The van der Waals surface area contributed by atoms with Crippen LogP contribution in [0.1, 0.15) is 21.5 Å². The molecule has 4 rings (SSSR count). The summed E-state index contributed by atoms with van der Waals surface area (Å²) in [6.07, 6.45) is 0. The van der Waals surface area contributed by atoms with Crippen LogP contribution in [0.15, 0.2) is 60.7 Å². The van der Waals surface area contributed by atoms with Gasteiger partial charge >= 0.3 is 0 Å². The first-order valence-electron chi connectivity index (χ1n) is 9.26. The number of nitrogens with zero attached hydrogens (tertiary/aromatic N) is 1. The van der Waals surface area contributed by atoms with E-state index in [4.69, 9.17) is 23.8 Å². The fourth-order valence-corrected chi connectivity index (χ4v) is 4.63. The lowest BCUT2D eigenvalue weighted by Gasteiger charge is -2.12. The van der Waals surface area contributed by atoms with Crippen LogP contribution < -0.4 is 10.6 Å². The quantitative estimate of drug-likeness (QED) is 0.356. The number of benzene rings is 3. The van der Waals surface area contributed by atoms with E-state index in [0.29, 0.717) is 10.6 Å². The van der Waals surface area contributed by atoms with E-state index in [1.54, 1.807) is 23.5 Å². The summed E-state index contributed by atoms with van der Waals surface area (Å²) in [5.41, 5.74) is 5.07. The van der Waals surface area contributed by atoms with Gasteiger partial charge in [0, 0.05) is 16.8 Å². The SMILES string of the molecule is Cc1ccc(C(=O)NC(=S)Nc2ccc(Cl)c(-c3nc4ccccc4s3)c2)c(C)c1. The van der Waals surface area contributed by atoms with Crippen LogP contribution in [0.3, 0.4) is 0 Å². The molecule has 1 heterocycles. The van der Waals surface area contributed by atoms with Crippen molar-refractivity contribution in [3.05, 3.63) is 82.4 Å². The van der Waals surface area contributed by atoms with Gasteiger partial charge in [0.05, 0.1) is 15.2 Å². The Labute approximate surface area is 188 Å². The van der Waals surface area contributed by atoms with E-state index in [0.717, 1.165) is 37.6 Å². The van der Waals surface area contributed by atoms with Gasteiger partial charge in [-0.2, -0.15) is 0 Å². The molecule has 0 fully saturated rings. The van der Waals surface area contributed by atoms with Crippen molar-refractivity contribution in [2.24, 2.45) is 0 Å². The van der Waals surface area contributed by atoms with Crippen LogP contribution in [-0.4, -0.2) is 16.0 Å². The Morgan fingerprint density at radius 1 is 1.07 bits per heavy atom. The Morgan fingerprint density at radius 3 is 2.63 bits per heavy atom. The number of halogens is 1. The van der Waals surface area contributed by atoms with Crippen molar-refractivity contribution in [1.29, 1.82) is 0 Å². The molecular formula is C23H18ClN3OS2. The van der Waals surface area contributed by atoms with Gasteiger partial charge in [0.2, 0.25) is 0 Å². The Kier molecular flexibility index (Phi) is 5.81. The zero-order chi connectivity index (χ0) is 21.3. The molecule has 0 bridgehead atoms. The molecule has 0 aliphatic heterocycles. The summed E-state index contributed by atoms with van der Waals surface area (Å²) >= 11 is 13.3. The van der Waals surface area contributed by atoms with Gasteiger partial charge in [-0.1, -0.05) is 41.4 Å². The maximum atomic E-state index is 12.6. The number of anilines is 1. The molecule has 0 unspecified atom stereocenters. The first-order valence-corrected chi connectivity index (χ1v) is 10.9. The largest absolute Gasteiger partial charge is 0.332 e. The van der Waals surface area contributed by atoms with Crippen LogP contribution in [0.2, 0.25) is 5.02 Å². The van der Waals surface area contributed by atoms with Crippen molar-refractivity contribution in [2.45, 2.75) is 13.8 Å². The van der Waals surface area contributed by atoms with Crippen LogP contribution in [0.4, 0.5) is 5.69 Å². The van der Waals surface area contributed by atoms with E-state index < -0.39 is 0 Å². The van der Waals surface area contributed by atoms with E-state index in [-0.39, 0.29) is 11.0 Å². The zero-order valence-electron chi connectivity index (χ0n) is 16.3. The summed E-state index contributed by atoms with van der Waals surface area (Å²) in [6.45, 7) is 3.90. The van der Waals surface area contributed by atoms with Gasteiger partial charge in [-0.25, -0.2) is 4.98 Å². The van der Waals surface area contributed by atoms with Crippen molar-refractivity contribution in [2.75, 3.05) is 5.32 Å². The summed E-state index contributed by atoms with van der Waals surface area (Å²) in [7, 11) is 0. The number of fused-ring (bicyclic) bond motifs is 1. The molecule has 4 aromatic rings. The number of carbonyl (C=O) groups is 1. The lowest BCUT2D eigenvalue weighted by Crippen LogP contribution is -2.34. The number of nitrogens with one attached hydrogen (secondary N) is 2. The summed E-state index contributed by atoms with van der Waals surface area (Å²) in [6, 6.07) is 19.1. The first-order chi connectivity index (χ1) is 14.4. The van der Waals surface area contributed by atoms with Crippen molar-refractivity contribution in [1.82, 2.24) is 10.3 Å². The molecule has 0 aliphatic rings. The standard InChI is InChI=1S/C23H18ClN3OS2/c1-13-7-9-16(14(2)11-13)21(28)27-23(29)25-15-8-10-18(24)17(12-15)22-26-19-5-3-4-6-20(19)30-22/h3-12H,1-2H3,(H2,25,27,28,29). The molecule has 0 spiro atoms. The number of aryl methyl sites for hydroxylation is 2. The first kappa shape index (κ1) is 20.5. The number of hydrogen-bond donors (Lipinski definition) is 2. The summed E-state index contributed by atoms with van der Waals surface area (Å²) in [5, 5.41) is 7.45. The molecule has 30 heavy (non-hydrogen) atoms. The fourth-order valence-electron chi connectivity index (χ4n) is 3.16. The maximum absolute atomic E-state index is 12.6. The highest BCUT2D eigenvalue weighted by Gasteiger charge is 2.13. The monoisotopic (exact) mass is 451 g/mol. The number of rotatable bonds is 3. The van der Waals surface area contributed by atoms with E-state index in [1.807, 2.05) is 62.4 Å². The molecule has 0 saturated carbocycles. The van der Waals surface area contributed by atoms with Gasteiger partial charge < -0.3 is 5.32 Å². The van der Waals surface area contributed by atoms with Crippen LogP contribution in [0.5, 0.6) is 0 Å². The molecule has 0 aliphatic carbocycles. The molecule has 4 nitrogen and oxygen atoms in total. The molecule has 1 amide bonds. The van der Waals surface area contributed by atoms with E-state index in [1.165, 1.54) is 0 Å². The highest BCUT2D eigenvalue weighted by molar-refractivity contribution is 7.80. The molecule has 1 aromatic heterocycles. The Balaban J connectivity index is 1.52. The van der Waals surface area contributed by atoms with Crippen LogP contribution >= 0.6 is 35.2 Å². The van der Waals surface area contributed by atoms with Crippen molar-refractivity contribution in [3.8, 4) is 10.6 Å². The minimum Gasteiger partial charge on any atom is -0.332 e. The highest BCUT2D eigenvalue weighted by atomic mass is 35.5. The third-order valence-electron chi connectivity index (χ3n) is 4.60. The van der Waals surface area contributed by atoms with Crippen LogP contribution in [-0.2, 0) is 0 Å². The molecule has 0 saturated heterocycles. The molecule has 150 valence electrons. The topological polar surface area (TPSA) is 54.0 Å². The number of aromatic nitrogens is 1. The molecule has 2 N–H and O–H groups in total. The van der Waals surface area contributed by atoms with Gasteiger partial charge in [-0.05, 0) is 68.0 Å². The minimum atomic E-state index is -0.245. The predicted molar refractivity (Wildman–Crippen MR) is 130 cm³/mol. The van der Waals surface area contributed by atoms with E-state index >= 15 is 0 Å². The van der Waals surface area contributed by atoms with Gasteiger partial charge in [-0.3, -0.25) is 10.1 Å². The highest BCUT2D eigenvalue weighted by Crippen LogP contribution is 2.35. The van der Waals surface area contributed by atoms with Gasteiger partial charge in [-0.15, -0.1) is 11.3 Å². The van der Waals surface area contributed by atoms with Gasteiger partial charge in [0.1, 0.15) is 5.01 Å². The second-order valence-electron chi connectivity index (χ2n) is 6.91. The van der Waals surface area contributed by atoms with Crippen LogP contribution in [0.25, 0.3) is 20.8 Å². The molecule has 7 heteroatoms. The fraction of sp³-hybridized carbons (Fsp3) is 0.0870. The van der Waals surface area contributed by atoms with E-state index in [9.17, 15) is 4.79 Å². The van der Waals surface area contributed by atoms with Crippen LogP contribution in [0, 0.1) is 13.8 Å². The average Bonchev–Trinajstić information content (AvgIpc) is 3.13. The normalized spacial score (nSPS) is 10.8. The second-order valence-corrected chi connectivity index (χ2v) is 8.75. The average molecular weight is 452 g/mol. The maximum Gasteiger partial charge on any atom is 0.257 e. The Bertz CT molecular complexity index is 1250. The second kappa shape index (κ2) is 8.52. The summed E-state index contributed by atoms with van der Waals surface area (Å²) in [5.74, 6) is -0.245. The molecular weight excluding hydrogens is 434 g/mol. The lowest BCUT2D eigenvalue weighted by molar-refractivity contribution is 0.0977. The van der Waals surface area contributed by atoms with Gasteiger partial charge in [0.15, 0.2) is 5.11 Å². The number of carbonyl (C=O) groups excluding carboxylic acids is 1. The number of para-hydroxylation sites is 1. The Hall–Kier alpha value is -2.80. The third kappa shape index (κ3) is 4.36.